The van der Waals surface area contributed by atoms with Crippen LogP contribution in [0.15, 0.2) is 0 Å². The second-order valence-corrected chi connectivity index (χ2v) is 7.52. The quantitative estimate of drug-likeness (QED) is 0.838. The van der Waals surface area contributed by atoms with Crippen LogP contribution in [-0.4, -0.2) is 24.5 Å². The fourth-order valence-corrected chi connectivity index (χ4v) is 4.04. The SMILES string of the molecule is CC1CCC(C(C)C)C(NC(=O)[C@H]2CCN[C@@H](C)C2)C1.Cl. The standard InChI is InChI=1S/C17H32N2O.ClH/c1-11(2)15-6-5-12(3)9-16(15)19-17(20)14-7-8-18-13(4)10-14;/h11-16,18H,5-10H2,1-4H3,(H,19,20);1H/t12?,13-,14-,15?,16?;/m0./s1. The van der Waals surface area contributed by atoms with Gasteiger partial charge in [0.2, 0.25) is 5.91 Å². The third kappa shape index (κ3) is 5.14. The molecular weight excluding hydrogens is 284 g/mol. The minimum atomic E-state index is 0. The van der Waals surface area contributed by atoms with Crippen LogP contribution in [0.4, 0.5) is 0 Å². The maximum atomic E-state index is 12.5. The van der Waals surface area contributed by atoms with E-state index in [0.717, 1.165) is 31.7 Å². The van der Waals surface area contributed by atoms with Gasteiger partial charge in [0.25, 0.3) is 0 Å². The molecule has 2 rings (SSSR count). The molecule has 0 aromatic carbocycles. The van der Waals surface area contributed by atoms with Gasteiger partial charge in [-0.15, -0.1) is 12.4 Å². The lowest BCUT2D eigenvalue weighted by Crippen LogP contribution is -2.49. The molecule has 0 bridgehead atoms. The molecule has 4 heteroatoms. The van der Waals surface area contributed by atoms with E-state index in [1.54, 1.807) is 0 Å². The van der Waals surface area contributed by atoms with Crippen LogP contribution in [0.3, 0.4) is 0 Å². The van der Waals surface area contributed by atoms with Crippen molar-refractivity contribution in [2.45, 2.75) is 71.9 Å². The number of hydrogen-bond acceptors (Lipinski definition) is 2. The third-order valence-corrected chi connectivity index (χ3v) is 5.34. The van der Waals surface area contributed by atoms with Crippen molar-refractivity contribution in [2.75, 3.05) is 6.54 Å². The second kappa shape index (κ2) is 8.38. The number of carbonyl (C=O) groups excluding carboxylic acids is 1. The number of carbonyl (C=O) groups is 1. The predicted octanol–water partition coefficient (Wildman–Crippen LogP) is 3.37. The first-order valence-corrected chi connectivity index (χ1v) is 8.51. The molecule has 1 saturated carbocycles. The second-order valence-electron chi connectivity index (χ2n) is 7.52. The van der Waals surface area contributed by atoms with E-state index in [-0.39, 0.29) is 18.3 Å². The van der Waals surface area contributed by atoms with Crippen LogP contribution in [0.1, 0.15) is 59.8 Å². The summed E-state index contributed by atoms with van der Waals surface area (Å²) in [6, 6.07) is 0.877. The molecule has 0 spiro atoms. The minimum absolute atomic E-state index is 0. The summed E-state index contributed by atoms with van der Waals surface area (Å²) < 4.78 is 0. The zero-order valence-corrected chi connectivity index (χ0v) is 14.8. The summed E-state index contributed by atoms with van der Waals surface area (Å²) in [6.45, 7) is 10.1. The lowest BCUT2D eigenvalue weighted by Gasteiger charge is -2.39. The molecule has 0 aromatic rings. The van der Waals surface area contributed by atoms with Crippen molar-refractivity contribution in [1.29, 1.82) is 0 Å². The maximum Gasteiger partial charge on any atom is 0.223 e. The Balaban J connectivity index is 0.00000220. The van der Waals surface area contributed by atoms with Crippen LogP contribution in [0.2, 0.25) is 0 Å². The van der Waals surface area contributed by atoms with E-state index >= 15 is 0 Å². The molecule has 3 unspecified atom stereocenters. The van der Waals surface area contributed by atoms with E-state index in [4.69, 9.17) is 0 Å². The van der Waals surface area contributed by atoms with E-state index < -0.39 is 0 Å². The van der Waals surface area contributed by atoms with Crippen molar-refractivity contribution >= 4 is 18.3 Å². The lowest BCUT2D eigenvalue weighted by molar-refractivity contribution is -0.127. The highest BCUT2D eigenvalue weighted by atomic mass is 35.5. The summed E-state index contributed by atoms with van der Waals surface area (Å²) in [5.74, 6) is 2.61. The molecule has 1 saturated heterocycles. The first-order chi connectivity index (χ1) is 9.47. The molecule has 124 valence electrons. The molecule has 0 radical (unpaired) electrons. The summed E-state index contributed by atoms with van der Waals surface area (Å²) in [7, 11) is 0. The van der Waals surface area contributed by atoms with Gasteiger partial charge in [-0.2, -0.15) is 0 Å². The van der Waals surface area contributed by atoms with Gasteiger partial charge in [0, 0.05) is 18.0 Å². The third-order valence-electron chi connectivity index (χ3n) is 5.34. The van der Waals surface area contributed by atoms with E-state index in [1.165, 1.54) is 12.8 Å². The normalized spacial score (nSPS) is 36.9. The van der Waals surface area contributed by atoms with Crippen LogP contribution in [0.25, 0.3) is 0 Å². The number of hydrogen-bond donors (Lipinski definition) is 2. The molecule has 5 atom stereocenters. The van der Waals surface area contributed by atoms with Crippen LogP contribution in [0.5, 0.6) is 0 Å². The summed E-state index contributed by atoms with van der Waals surface area (Å²) in [5.41, 5.74) is 0. The molecule has 2 aliphatic rings. The van der Waals surface area contributed by atoms with E-state index in [9.17, 15) is 4.79 Å². The Morgan fingerprint density at radius 2 is 1.86 bits per heavy atom. The van der Waals surface area contributed by atoms with Crippen LogP contribution >= 0.6 is 12.4 Å². The number of nitrogens with one attached hydrogen (secondary N) is 2. The molecule has 1 heterocycles. The summed E-state index contributed by atoms with van der Waals surface area (Å²) in [6.07, 6.45) is 5.73. The number of halogens is 1. The molecule has 21 heavy (non-hydrogen) atoms. The Kier molecular flexibility index (Phi) is 7.49. The highest BCUT2D eigenvalue weighted by Gasteiger charge is 2.33. The van der Waals surface area contributed by atoms with Crippen molar-refractivity contribution in [3.05, 3.63) is 0 Å². The Hall–Kier alpha value is -0.280. The fraction of sp³-hybridized carbons (Fsp3) is 0.941. The molecule has 3 nitrogen and oxygen atoms in total. The van der Waals surface area contributed by atoms with E-state index in [2.05, 4.69) is 38.3 Å². The molecule has 2 N–H and O–H groups in total. The van der Waals surface area contributed by atoms with Gasteiger partial charge in [-0.1, -0.05) is 27.2 Å². The minimum Gasteiger partial charge on any atom is -0.353 e. The maximum absolute atomic E-state index is 12.5. The van der Waals surface area contributed by atoms with Gasteiger partial charge in [0.15, 0.2) is 0 Å². The van der Waals surface area contributed by atoms with Crippen molar-refractivity contribution in [3.63, 3.8) is 0 Å². The number of piperidine rings is 1. The molecule has 0 aromatic heterocycles. The van der Waals surface area contributed by atoms with Gasteiger partial charge in [-0.25, -0.2) is 0 Å². The van der Waals surface area contributed by atoms with Crippen molar-refractivity contribution in [3.8, 4) is 0 Å². The molecule has 1 aliphatic carbocycles. The summed E-state index contributed by atoms with van der Waals surface area (Å²) >= 11 is 0. The fourth-order valence-electron chi connectivity index (χ4n) is 4.04. The van der Waals surface area contributed by atoms with Gasteiger partial charge in [0.1, 0.15) is 0 Å². The van der Waals surface area contributed by atoms with Gasteiger partial charge < -0.3 is 10.6 Å². The Morgan fingerprint density at radius 1 is 1.14 bits per heavy atom. The Morgan fingerprint density at radius 3 is 2.48 bits per heavy atom. The monoisotopic (exact) mass is 316 g/mol. The molecule has 1 aliphatic heterocycles. The van der Waals surface area contributed by atoms with Gasteiger partial charge in [-0.05, 0) is 56.9 Å². The zero-order valence-electron chi connectivity index (χ0n) is 14.0. The summed E-state index contributed by atoms with van der Waals surface area (Å²) in [5, 5.41) is 6.83. The van der Waals surface area contributed by atoms with Crippen LogP contribution in [-0.2, 0) is 4.79 Å². The first kappa shape index (κ1) is 18.8. The summed E-state index contributed by atoms with van der Waals surface area (Å²) in [4.78, 5) is 12.5. The van der Waals surface area contributed by atoms with Crippen LogP contribution in [0, 0.1) is 23.7 Å². The average Bonchev–Trinajstić information content (AvgIpc) is 2.38. The van der Waals surface area contributed by atoms with Gasteiger partial charge >= 0.3 is 0 Å². The van der Waals surface area contributed by atoms with Crippen molar-refractivity contribution in [1.82, 2.24) is 10.6 Å². The zero-order chi connectivity index (χ0) is 14.7. The van der Waals surface area contributed by atoms with Gasteiger partial charge in [-0.3, -0.25) is 4.79 Å². The lowest BCUT2D eigenvalue weighted by atomic mass is 9.74. The van der Waals surface area contributed by atoms with Crippen molar-refractivity contribution < 1.29 is 4.79 Å². The topological polar surface area (TPSA) is 41.1 Å². The highest BCUT2D eigenvalue weighted by molar-refractivity contribution is 5.85. The first-order valence-electron chi connectivity index (χ1n) is 8.51. The number of amides is 1. The van der Waals surface area contributed by atoms with Gasteiger partial charge in [0.05, 0.1) is 0 Å². The highest BCUT2D eigenvalue weighted by Crippen LogP contribution is 2.33. The predicted molar refractivity (Wildman–Crippen MR) is 90.7 cm³/mol. The molecular formula is C17H33ClN2O. The number of rotatable bonds is 3. The van der Waals surface area contributed by atoms with Crippen molar-refractivity contribution in [2.24, 2.45) is 23.7 Å². The average molecular weight is 317 g/mol. The smallest absolute Gasteiger partial charge is 0.223 e. The van der Waals surface area contributed by atoms with E-state index in [1.807, 2.05) is 0 Å². The van der Waals surface area contributed by atoms with E-state index in [0.29, 0.717) is 29.8 Å². The Bertz CT molecular complexity index is 335. The molecule has 2 fully saturated rings. The largest absolute Gasteiger partial charge is 0.353 e. The Labute approximate surface area is 136 Å². The molecule has 1 amide bonds. The van der Waals surface area contributed by atoms with Crippen LogP contribution < -0.4 is 10.6 Å².